The van der Waals surface area contributed by atoms with Crippen molar-refractivity contribution in [2.24, 2.45) is 15.8 Å². The fourth-order valence-electron chi connectivity index (χ4n) is 3.79. The molecule has 0 aliphatic carbocycles. The van der Waals surface area contributed by atoms with Gasteiger partial charge in [0.25, 0.3) is 10.0 Å². The van der Waals surface area contributed by atoms with Crippen molar-refractivity contribution < 1.29 is 17.2 Å². The molecule has 0 amide bonds. The van der Waals surface area contributed by atoms with Gasteiger partial charge in [-0.3, -0.25) is 4.99 Å². The zero-order valence-electron chi connectivity index (χ0n) is 16.0. The van der Waals surface area contributed by atoms with Crippen LogP contribution in [0.4, 0.5) is 8.78 Å². The van der Waals surface area contributed by atoms with Gasteiger partial charge in [0.15, 0.2) is 0 Å². The molecule has 0 aromatic heterocycles. The first-order chi connectivity index (χ1) is 11.1. The highest BCUT2D eigenvalue weighted by atomic mass is 32.2. The van der Waals surface area contributed by atoms with Crippen molar-refractivity contribution in [3.63, 3.8) is 0 Å². The Labute approximate surface area is 149 Å². The van der Waals surface area contributed by atoms with Crippen LogP contribution < -0.4 is 4.72 Å². The molecule has 0 saturated carbocycles. The highest BCUT2D eigenvalue weighted by molar-refractivity contribution is 7.89. The standard InChI is InChI=1S/C17H29F2N3O2S/c1-10-13(16(2,3)4)12-8-11(21-25(23,24)15(18)19)9-22(12)14(20-10)17(5,6)7/h10-11,15,21H,8-9H2,1-7H3/t10-,11-/m0/s1. The third kappa shape index (κ3) is 4.05. The summed E-state index contributed by atoms with van der Waals surface area (Å²) < 4.78 is 50.8. The van der Waals surface area contributed by atoms with E-state index in [0.29, 0.717) is 13.0 Å². The number of fused-ring (bicyclic) bond motifs is 1. The Kier molecular flexibility index (Phi) is 5.11. The second-order valence-corrected chi connectivity index (χ2v) is 10.6. The van der Waals surface area contributed by atoms with Gasteiger partial charge in [-0.05, 0) is 17.9 Å². The van der Waals surface area contributed by atoms with Crippen LogP contribution in [0.15, 0.2) is 16.3 Å². The first-order valence-electron chi connectivity index (χ1n) is 8.53. The lowest BCUT2D eigenvalue weighted by atomic mass is 9.79. The van der Waals surface area contributed by atoms with Crippen LogP contribution in [0.1, 0.15) is 54.9 Å². The Morgan fingerprint density at radius 3 is 2.16 bits per heavy atom. The van der Waals surface area contributed by atoms with Crippen LogP contribution in [0.25, 0.3) is 0 Å². The average Bonchev–Trinajstić information content (AvgIpc) is 2.76. The van der Waals surface area contributed by atoms with Gasteiger partial charge in [0.2, 0.25) is 0 Å². The van der Waals surface area contributed by atoms with Crippen molar-refractivity contribution in [1.29, 1.82) is 0 Å². The quantitative estimate of drug-likeness (QED) is 0.820. The molecule has 2 atom stereocenters. The molecule has 2 aliphatic heterocycles. The third-order valence-corrected chi connectivity index (χ3v) is 5.64. The molecule has 144 valence electrons. The largest absolute Gasteiger partial charge is 0.350 e. The van der Waals surface area contributed by atoms with Crippen molar-refractivity contribution in [3.8, 4) is 0 Å². The molecule has 0 aromatic carbocycles. The van der Waals surface area contributed by atoms with E-state index in [1.54, 1.807) is 0 Å². The second kappa shape index (κ2) is 6.30. The van der Waals surface area contributed by atoms with Gasteiger partial charge in [-0.2, -0.15) is 8.78 Å². The van der Waals surface area contributed by atoms with E-state index in [-0.39, 0.29) is 16.9 Å². The summed E-state index contributed by atoms with van der Waals surface area (Å²) in [6.45, 7) is 14.8. The van der Waals surface area contributed by atoms with Gasteiger partial charge < -0.3 is 4.90 Å². The van der Waals surface area contributed by atoms with E-state index >= 15 is 0 Å². The van der Waals surface area contributed by atoms with Crippen molar-refractivity contribution in [1.82, 2.24) is 9.62 Å². The minimum Gasteiger partial charge on any atom is -0.332 e. The van der Waals surface area contributed by atoms with E-state index in [1.165, 1.54) is 0 Å². The number of amidine groups is 1. The van der Waals surface area contributed by atoms with Gasteiger partial charge in [0.1, 0.15) is 5.84 Å². The van der Waals surface area contributed by atoms with Crippen LogP contribution in [-0.2, 0) is 10.0 Å². The summed E-state index contributed by atoms with van der Waals surface area (Å²) in [6, 6.07) is -0.602. The van der Waals surface area contributed by atoms with Crippen LogP contribution in [0, 0.1) is 10.8 Å². The monoisotopic (exact) mass is 377 g/mol. The second-order valence-electron chi connectivity index (χ2n) is 8.92. The summed E-state index contributed by atoms with van der Waals surface area (Å²) in [5.74, 6) is -2.54. The number of hydrogen-bond donors (Lipinski definition) is 1. The lowest BCUT2D eigenvalue weighted by molar-refractivity contribution is 0.231. The van der Waals surface area contributed by atoms with E-state index in [4.69, 9.17) is 4.99 Å². The first kappa shape index (κ1) is 20.3. The average molecular weight is 378 g/mol. The van der Waals surface area contributed by atoms with Crippen molar-refractivity contribution in [2.45, 2.75) is 72.7 Å². The number of hydrogen-bond acceptors (Lipinski definition) is 4. The number of alkyl halides is 2. The number of aliphatic imine (C=N–C) groups is 1. The van der Waals surface area contributed by atoms with Crippen LogP contribution in [0.2, 0.25) is 0 Å². The molecule has 0 bridgehead atoms. The van der Waals surface area contributed by atoms with Crippen molar-refractivity contribution >= 4 is 15.9 Å². The third-order valence-electron chi connectivity index (χ3n) is 4.51. The summed E-state index contributed by atoms with van der Waals surface area (Å²) in [5.41, 5.74) is 1.79. The smallest absolute Gasteiger partial charge is 0.332 e. The number of nitrogens with zero attached hydrogens (tertiary/aromatic N) is 2. The summed E-state index contributed by atoms with van der Waals surface area (Å²) in [6.07, 6.45) is 0.401. The predicted octanol–water partition coefficient (Wildman–Crippen LogP) is 3.35. The maximum atomic E-state index is 12.7. The molecule has 2 aliphatic rings. The lowest BCUT2D eigenvalue weighted by Gasteiger charge is -2.41. The van der Waals surface area contributed by atoms with Gasteiger partial charge in [-0.1, -0.05) is 41.5 Å². The molecular formula is C17H29F2N3O2S. The molecule has 0 unspecified atom stereocenters. The number of nitrogens with one attached hydrogen (secondary N) is 1. The molecule has 25 heavy (non-hydrogen) atoms. The lowest BCUT2D eigenvalue weighted by Crippen LogP contribution is -2.45. The number of halogens is 2. The van der Waals surface area contributed by atoms with Gasteiger partial charge in [-0.15, -0.1) is 0 Å². The fourth-order valence-corrected chi connectivity index (χ4v) is 4.51. The van der Waals surface area contributed by atoms with Gasteiger partial charge in [0, 0.05) is 30.1 Å². The van der Waals surface area contributed by atoms with E-state index in [0.717, 1.165) is 17.1 Å². The predicted molar refractivity (Wildman–Crippen MR) is 96.0 cm³/mol. The van der Waals surface area contributed by atoms with Gasteiger partial charge >= 0.3 is 5.76 Å². The van der Waals surface area contributed by atoms with E-state index < -0.39 is 21.8 Å². The molecule has 8 heteroatoms. The summed E-state index contributed by atoms with van der Waals surface area (Å²) in [7, 11) is -4.62. The molecule has 0 spiro atoms. The molecule has 2 rings (SSSR count). The molecule has 1 N–H and O–H groups in total. The Hall–Kier alpha value is -1.02. The SMILES string of the molecule is C[C@@H]1N=C(C(C)(C)C)N2C[C@@H](NS(=O)(=O)C(F)F)CC2=C1C(C)(C)C. The Morgan fingerprint density at radius 2 is 1.72 bits per heavy atom. The highest BCUT2D eigenvalue weighted by Gasteiger charge is 2.43. The van der Waals surface area contributed by atoms with Crippen LogP contribution in [0.3, 0.4) is 0 Å². The zero-order valence-corrected chi connectivity index (χ0v) is 16.8. The Morgan fingerprint density at radius 1 is 1.16 bits per heavy atom. The maximum absolute atomic E-state index is 12.7. The van der Waals surface area contributed by atoms with E-state index in [1.807, 2.05) is 11.8 Å². The highest BCUT2D eigenvalue weighted by Crippen LogP contribution is 2.43. The molecule has 5 nitrogen and oxygen atoms in total. The molecule has 1 fully saturated rings. The summed E-state index contributed by atoms with van der Waals surface area (Å²) in [4.78, 5) is 6.90. The fraction of sp³-hybridized carbons (Fsp3) is 0.824. The molecule has 0 aromatic rings. The Balaban J connectivity index is 2.45. The zero-order chi connectivity index (χ0) is 19.4. The van der Waals surface area contributed by atoms with Crippen molar-refractivity contribution in [3.05, 3.63) is 11.3 Å². The number of rotatable bonds is 3. The molecular weight excluding hydrogens is 348 g/mol. The van der Waals surface area contributed by atoms with Gasteiger partial charge in [0.05, 0.1) is 6.04 Å². The normalized spacial score (nSPS) is 25.5. The Bertz CT molecular complexity index is 700. The van der Waals surface area contributed by atoms with E-state index in [2.05, 4.69) is 46.3 Å². The minimum atomic E-state index is -4.62. The van der Waals surface area contributed by atoms with Crippen molar-refractivity contribution in [2.75, 3.05) is 6.54 Å². The maximum Gasteiger partial charge on any atom is 0.350 e. The summed E-state index contributed by atoms with van der Waals surface area (Å²) >= 11 is 0. The van der Waals surface area contributed by atoms with Crippen LogP contribution in [0.5, 0.6) is 0 Å². The van der Waals surface area contributed by atoms with Crippen LogP contribution >= 0.6 is 0 Å². The summed E-state index contributed by atoms with van der Waals surface area (Å²) in [5, 5.41) is 0. The van der Waals surface area contributed by atoms with Crippen LogP contribution in [-0.4, -0.2) is 43.5 Å². The van der Waals surface area contributed by atoms with Gasteiger partial charge in [-0.25, -0.2) is 13.1 Å². The first-order valence-corrected chi connectivity index (χ1v) is 10.1. The topological polar surface area (TPSA) is 61.8 Å². The molecule has 0 radical (unpaired) electrons. The van der Waals surface area contributed by atoms with E-state index in [9.17, 15) is 17.2 Å². The minimum absolute atomic E-state index is 0.0223. The molecule has 1 saturated heterocycles. The molecule has 2 heterocycles. The number of sulfonamides is 1.